The first kappa shape index (κ1) is 12.2. The number of benzene rings is 1. The lowest BCUT2D eigenvalue weighted by molar-refractivity contribution is 0.223. The first-order valence-corrected chi connectivity index (χ1v) is 7.38. The van der Waals surface area contributed by atoms with Crippen LogP contribution in [0.4, 0.5) is 5.69 Å². The number of ether oxygens (including phenoxy) is 1. The summed E-state index contributed by atoms with van der Waals surface area (Å²) in [5.74, 6) is 0.505. The zero-order valence-electron chi connectivity index (χ0n) is 10.1. The van der Waals surface area contributed by atoms with Gasteiger partial charge in [-0.2, -0.15) is 8.42 Å². The number of nitrogens with zero attached hydrogens (tertiary/aromatic N) is 1. The van der Waals surface area contributed by atoms with Crippen molar-refractivity contribution < 1.29 is 13.2 Å². The fourth-order valence-corrected chi connectivity index (χ4v) is 3.07. The van der Waals surface area contributed by atoms with Gasteiger partial charge in [-0.1, -0.05) is 6.07 Å². The maximum atomic E-state index is 11.5. The van der Waals surface area contributed by atoms with E-state index in [-0.39, 0.29) is 11.9 Å². The van der Waals surface area contributed by atoms with Crippen LogP contribution in [0.25, 0.3) is 0 Å². The molecule has 0 radical (unpaired) electrons. The normalized spacial score (nSPS) is 24.2. The first-order valence-electron chi connectivity index (χ1n) is 5.94. The second-order valence-electron chi connectivity index (χ2n) is 4.47. The first-order chi connectivity index (χ1) is 9.05. The van der Waals surface area contributed by atoms with Crippen LogP contribution in [0.1, 0.15) is 12.0 Å². The molecule has 102 valence electrons. The highest BCUT2D eigenvalue weighted by molar-refractivity contribution is 7.91. The van der Waals surface area contributed by atoms with Gasteiger partial charge >= 0.3 is 10.2 Å². The van der Waals surface area contributed by atoms with Gasteiger partial charge in [-0.15, -0.1) is 4.40 Å². The number of nitrogens with one attached hydrogen (secondary N) is 2. The van der Waals surface area contributed by atoms with Crippen LogP contribution in [0.15, 0.2) is 22.6 Å². The molecule has 7 nitrogen and oxygen atoms in total. The maximum absolute atomic E-state index is 11.5. The minimum Gasteiger partial charge on any atom is -0.488 e. The van der Waals surface area contributed by atoms with Crippen LogP contribution in [0.2, 0.25) is 0 Å². The molecule has 0 amide bonds. The molecule has 0 bridgehead atoms. The van der Waals surface area contributed by atoms with Gasteiger partial charge in [0.15, 0.2) is 5.84 Å². The third-order valence-corrected chi connectivity index (χ3v) is 3.96. The highest BCUT2D eigenvalue weighted by Gasteiger charge is 2.26. The SMILES string of the molecule is NC1=NS(=O)(=O)Nc2cccc(O[C@H]3CCNC3)c21. The van der Waals surface area contributed by atoms with Crippen LogP contribution < -0.4 is 20.5 Å². The van der Waals surface area contributed by atoms with E-state index >= 15 is 0 Å². The van der Waals surface area contributed by atoms with Crippen LogP contribution >= 0.6 is 0 Å². The third-order valence-electron chi connectivity index (χ3n) is 3.05. The topological polar surface area (TPSA) is 106 Å². The number of rotatable bonds is 2. The average molecular weight is 282 g/mol. The van der Waals surface area contributed by atoms with Gasteiger partial charge in [0, 0.05) is 6.54 Å². The Balaban J connectivity index is 1.99. The van der Waals surface area contributed by atoms with Crippen LogP contribution in [0.3, 0.4) is 0 Å². The van der Waals surface area contributed by atoms with E-state index in [1.165, 1.54) is 0 Å². The molecule has 2 aliphatic rings. The lowest BCUT2D eigenvalue weighted by Crippen LogP contribution is -2.28. The number of hydrogen-bond acceptors (Lipinski definition) is 5. The Hall–Kier alpha value is -1.80. The molecule has 0 aromatic heterocycles. The summed E-state index contributed by atoms with van der Waals surface area (Å²) in [5, 5.41) is 3.20. The van der Waals surface area contributed by atoms with E-state index < -0.39 is 10.2 Å². The molecule has 0 aliphatic carbocycles. The van der Waals surface area contributed by atoms with E-state index in [0.717, 1.165) is 19.5 Å². The maximum Gasteiger partial charge on any atom is 0.344 e. The standard InChI is InChI=1S/C11H14N4O3S/c12-11-10-8(14-19(16,17)15-11)2-1-3-9(10)18-7-4-5-13-6-7/h1-3,7,13-14H,4-6H2,(H2,12,15)/t7-/m0/s1. The summed E-state index contributed by atoms with van der Waals surface area (Å²) in [5.41, 5.74) is 6.64. The van der Waals surface area contributed by atoms with Crippen molar-refractivity contribution in [2.75, 3.05) is 17.8 Å². The second kappa shape index (κ2) is 4.39. The molecule has 0 saturated carbocycles. The Morgan fingerprint density at radius 3 is 3.00 bits per heavy atom. The highest BCUT2D eigenvalue weighted by atomic mass is 32.2. The third kappa shape index (κ3) is 2.36. The number of hydrogen-bond donors (Lipinski definition) is 3. The molecule has 4 N–H and O–H groups in total. The van der Waals surface area contributed by atoms with E-state index in [4.69, 9.17) is 10.5 Å². The fraction of sp³-hybridized carbons (Fsp3) is 0.364. The van der Waals surface area contributed by atoms with Crippen LogP contribution in [0.5, 0.6) is 5.75 Å². The Labute approximate surface area is 111 Å². The predicted octanol–water partition coefficient (Wildman–Crippen LogP) is -0.197. The predicted molar refractivity (Wildman–Crippen MR) is 71.6 cm³/mol. The zero-order chi connectivity index (χ0) is 13.5. The summed E-state index contributed by atoms with van der Waals surface area (Å²) in [6.07, 6.45) is 0.977. The second-order valence-corrected chi connectivity index (χ2v) is 5.80. The lowest BCUT2D eigenvalue weighted by atomic mass is 10.1. The van der Waals surface area contributed by atoms with Crippen molar-refractivity contribution in [3.05, 3.63) is 23.8 Å². The van der Waals surface area contributed by atoms with E-state index in [2.05, 4.69) is 14.4 Å². The molecule has 2 aliphatic heterocycles. The summed E-state index contributed by atoms with van der Waals surface area (Å²) in [6, 6.07) is 5.12. The highest BCUT2D eigenvalue weighted by Crippen LogP contribution is 2.31. The number of fused-ring (bicyclic) bond motifs is 1. The molecule has 1 aromatic rings. The van der Waals surface area contributed by atoms with Crippen molar-refractivity contribution >= 4 is 21.7 Å². The summed E-state index contributed by atoms with van der Waals surface area (Å²) in [6.45, 7) is 1.68. The van der Waals surface area contributed by atoms with Crippen LogP contribution in [-0.4, -0.2) is 33.4 Å². The fourth-order valence-electron chi connectivity index (χ4n) is 2.22. The largest absolute Gasteiger partial charge is 0.488 e. The van der Waals surface area contributed by atoms with E-state index in [1.54, 1.807) is 18.2 Å². The number of anilines is 1. The Morgan fingerprint density at radius 1 is 1.42 bits per heavy atom. The average Bonchev–Trinajstić information content (AvgIpc) is 2.79. The van der Waals surface area contributed by atoms with Crippen LogP contribution in [-0.2, 0) is 10.2 Å². The molecule has 0 unspecified atom stereocenters. The molecule has 2 heterocycles. The van der Waals surface area contributed by atoms with E-state index in [1.807, 2.05) is 0 Å². The number of amidine groups is 1. The monoisotopic (exact) mass is 282 g/mol. The number of nitrogens with two attached hydrogens (primary N) is 1. The molecule has 0 spiro atoms. The van der Waals surface area contributed by atoms with Gasteiger partial charge in [0.2, 0.25) is 0 Å². The Bertz CT molecular complexity index is 635. The van der Waals surface area contributed by atoms with Crippen molar-refractivity contribution in [1.29, 1.82) is 0 Å². The molecular formula is C11H14N4O3S. The minimum absolute atomic E-state index is 0.0460. The zero-order valence-corrected chi connectivity index (χ0v) is 10.9. The molecule has 8 heteroatoms. The van der Waals surface area contributed by atoms with Crippen molar-refractivity contribution in [1.82, 2.24) is 5.32 Å². The van der Waals surface area contributed by atoms with Crippen LogP contribution in [0, 0.1) is 0 Å². The van der Waals surface area contributed by atoms with Crippen molar-refractivity contribution in [3.8, 4) is 5.75 Å². The van der Waals surface area contributed by atoms with Gasteiger partial charge in [0.25, 0.3) is 0 Å². The summed E-state index contributed by atoms with van der Waals surface area (Å²) in [7, 11) is -3.74. The summed E-state index contributed by atoms with van der Waals surface area (Å²) < 4.78 is 34.5. The quantitative estimate of drug-likeness (QED) is 0.696. The molecule has 1 fully saturated rings. The van der Waals surface area contributed by atoms with Gasteiger partial charge in [0.05, 0.1) is 11.3 Å². The summed E-state index contributed by atoms with van der Waals surface area (Å²) >= 11 is 0. The molecule has 1 atom stereocenters. The smallest absolute Gasteiger partial charge is 0.344 e. The molecule has 19 heavy (non-hydrogen) atoms. The Morgan fingerprint density at radius 2 is 2.26 bits per heavy atom. The van der Waals surface area contributed by atoms with Gasteiger partial charge < -0.3 is 15.8 Å². The molecule has 3 rings (SSSR count). The summed E-state index contributed by atoms with van der Waals surface area (Å²) in [4.78, 5) is 0. The van der Waals surface area contributed by atoms with Crippen molar-refractivity contribution in [2.24, 2.45) is 10.1 Å². The van der Waals surface area contributed by atoms with Crippen molar-refractivity contribution in [2.45, 2.75) is 12.5 Å². The lowest BCUT2D eigenvalue weighted by Gasteiger charge is -2.21. The Kier molecular flexibility index (Phi) is 2.83. The van der Waals surface area contributed by atoms with Gasteiger partial charge in [-0.05, 0) is 25.1 Å². The van der Waals surface area contributed by atoms with Gasteiger partial charge in [0.1, 0.15) is 11.9 Å². The minimum atomic E-state index is -3.74. The molecule has 1 aromatic carbocycles. The van der Waals surface area contributed by atoms with E-state index in [9.17, 15) is 8.42 Å². The van der Waals surface area contributed by atoms with Gasteiger partial charge in [-0.25, -0.2) is 0 Å². The molecule has 1 saturated heterocycles. The van der Waals surface area contributed by atoms with Gasteiger partial charge in [-0.3, -0.25) is 4.72 Å². The van der Waals surface area contributed by atoms with Crippen molar-refractivity contribution in [3.63, 3.8) is 0 Å². The van der Waals surface area contributed by atoms with E-state index in [0.29, 0.717) is 17.0 Å². The molecular weight excluding hydrogens is 268 g/mol.